The minimum atomic E-state index is 0. The summed E-state index contributed by atoms with van der Waals surface area (Å²) in [6.07, 6.45) is 11.7. The second-order valence-electron chi connectivity index (χ2n) is 6.22. The first-order valence-electron chi connectivity index (χ1n) is 8.06. The number of rotatable bonds is 2. The zero-order chi connectivity index (χ0) is 16.2. The van der Waals surface area contributed by atoms with Crippen molar-refractivity contribution >= 4 is 18.3 Å². The molecule has 2 aromatic rings. The summed E-state index contributed by atoms with van der Waals surface area (Å²) in [7, 11) is 0. The predicted octanol–water partition coefficient (Wildman–Crippen LogP) is 2.60. The Morgan fingerprint density at radius 1 is 0.792 bits per heavy atom. The summed E-state index contributed by atoms with van der Waals surface area (Å²) in [6.45, 7) is 4.54. The molecule has 0 N–H and O–H groups in total. The number of hydrogen-bond acceptors (Lipinski definition) is 0. The molecule has 0 radical (unpaired) electrons. The molecule has 2 aromatic carbocycles. The molecule has 3 heteroatoms. The van der Waals surface area contributed by atoms with Gasteiger partial charge in [-0.2, -0.15) is 0 Å². The van der Waals surface area contributed by atoms with Crippen molar-refractivity contribution in [1.29, 1.82) is 0 Å². The van der Waals surface area contributed by atoms with Crippen LogP contribution in [0.4, 0.5) is 0 Å². The van der Waals surface area contributed by atoms with Crippen molar-refractivity contribution in [2.45, 2.75) is 24.9 Å². The molecule has 2 atom stereocenters. The third-order valence-electron chi connectivity index (χ3n) is 4.09. The van der Waals surface area contributed by atoms with Crippen molar-refractivity contribution in [1.82, 2.24) is 0 Å². The zero-order valence-electron chi connectivity index (χ0n) is 14.0. The summed E-state index contributed by atoms with van der Waals surface area (Å²) >= 11 is 2.27. The van der Waals surface area contributed by atoms with E-state index in [1.165, 1.54) is 22.3 Å². The summed E-state index contributed by atoms with van der Waals surface area (Å²) < 4.78 is 0. The molecular formula is C21H21ClSiTi. The summed E-state index contributed by atoms with van der Waals surface area (Å²) in [4.78, 5) is 0. The van der Waals surface area contributed by atoms with Gasteiger partial charge in [-0.1, -0.05) is 71.8 Å². The van der Waals surface area contributed by atoms with Gasteiger partial charge in [0, 0.05) is 0 Å². The van der Waals surface area contributed by atoms with Gasteiger partial charge in [0.2, 0.25) is 0 Å². The maximum Gasteiger partial charge on any atom is -1.00 e. The minimum Gasteiger partial charge on any atom is -1.00 e. The second kappa shape index (κ2) is 9.01. The predicted molar refractivity (Wildman–Crippen MR) is 98.2 cm³/mol. The molecule has 0 aromatic heterocycles. The molecule has 0 bridgehead atoms. The molecule has 0 saturated heterocycles. The van der Waals surface area contributed by atoms with Gasteiger partial charge in [0.15, 0.2) is 0 Å². The van der Waals surface area contributed by atoms with Gasteiger partial charge in [-0.3, -0.25) is 0 Å². The first-order chi connectivity index (χ1) is 11.1. The Hall–Kier alpha value is -0.859. The third-order valence-corrected chi connectivity index (χ3v) is 4.09. The molecular weight excluding hydrogens is 364 g/mol. The van der Waals surface area contributed by atoms with E-state index in [1.54, 1.807) is 0 Å². The molecule has 0 saturated carbocycles. The van der Waals surface area contributed by atoms with Crippen molar-refractivity contribution in [3.8, 4) is 0 Å². The van der Waals surface area contributed by atoms with Crippen LogP contribution in [0.3, 0.4) is 0 Å². The average molecular weight is 385 g/mol. The van der Waals surface area contributed by atoms with Crippen LogP contribution in [0.1, 0.15) is 34.1 Å². The van der Waals surface area contributed by atoms with E-state index in [0.29, 0.717) is 11.8 Å². The summed E-state index contributed by atoms with van der Waals surface area (Å²) in [5, 5.41) is 0. The molecule has 0 heterocycles. The second-order valence-corrected chi connectivity index (χ2v) is 12.9. The number of fused-ring (bicyclic) bond motifs is 2. The Morgan fingerprint density at radius 3 is 1.58 bits per heavy atom. The minimum absolute atomic E-state index is 0. The van der Waals surface area contributed by atoms with E-state index in [2.05, 4.69) is 112 Å². The van der Waals surface area contributed by atoms with E-state index in [-0.39, 0.29) is 18.6 Å². The van der Waals surface area contributed by atoms with Gasteiger partial charge in [0.05, 0.1) is 0 Å². The Labute approximate surface area is 163 Å². The molecule has 0 aliphatic heterocycles. The zero-order valence-corrected chi connectivity index (χ0v) is 17.4. The smallest absolute Gasteiger partial charge is 1.00 e. The van der Waals surface area contributed by atoms with Gasteiger partial charge in [-0.15, -0.1) is 24.0 Å². The van der Waals surface area contributed by atoms with Gasteiger partial charge >= 0.3 is 38.5 Å². The van der Waals surface area contributed by atoms with Crippen molar-refractivity contribution in [3.05, 3.63) is 89.4 Å². The molecule has 0 nitrogen and oxygen atoms in total. The van der Waals surface area contributed by atoms with Gasteiger partial charge < -0.3 is 18.8 Å². The van der Waals surface area contributed by atoms with Crippen LogP contribution in [0.15, 0.2) is 60.7 Å². The third kappa shape index (κ3) is 4.61. The average Bonchev–Trinajstić information content (AvgIpc) is 3.13. The van der Waals surface area contributed by atoms with Crippen molar-refractivity contribution < 1.29 is 31.6 Å². The van der Waals surface area contributed by atoms with Crippen LogP contribution >= 0.6 is 0 Å². The summed E-state index contributed by atoms with van der Waals surface area (Å²) in [6, 6.07) is 17.3. The first kappa shape index (κ1) is 19.5. The maximum absolute atomic E-state index is 2.45. The fourth-order valence-electron chi connectivity index (χ4n) is 3.11. The molecule has 0 spiro atoms. The van der Waals surface area contributed by atoms with E-state index in [9.17, 15) is 0 Å². The SMILES string of the molecule is C1=CC([CH-]C2C=Cc3ccccc32)c2ccccc21.C[Si](C)=[Ti+2].[Cl-]. The Balaban J connectivity index is 0.000000379. The van der Waals surface area contributed by atoms with Crippen molar-refractivity contribution in [2.24, 2.45) is 0 Å². The molecule has 2 aliphatic carbocycles. The molecule has 2 unspecified atom stereocenters. The van der Waals surface area contributed by atoms with E-state index in [0.717, 1.165) is 0 Å². The molecule has 2 aliphatic rings. The first-order valence-corrected chi connectivity index (χ1v) is 12.9. The van der Waals surface area contributed by atoms with Gasteiger partial charge in [0.1, 0.15) is 0 Å². The van der Waals surface area contributed by atoms with Crippen LogP contribution in [0.2, 0.25) is 13.1 Å². The van der Waals surface area contributed by atoms with Crippen LogP contribution in [0.25, 0.3) is 12.2 Å². The van der Waals surface area contributed by atoms with Crippen LogP contribution in [-0.2, 0) is 19.2 Å². The Kier molecular flexibility index (Phi) is 7.31. The van der Waals surface area contributed by atoms with Gasteiger partial charge in [-0.25, -0.2) is 0 Å². The van der Waals surface area contributed by atoms with Gasteiger partial charge in [-0.05, 0) is 11.1 Å². The maximum atomic E-state index is 2.45. The van der Waals surface area contributed by atoms with Gasteiger partial charge in [0.25, 0.3) is 0 Å². The molecule has 0 amide bonds. The Bertz CT molecular complexity index is 715. The van der Waals surface area contributed by atoms with E-state index in [4.69, 9.17) is 0 Å². The normalized spacial score (nSPS) is 19.0. The van der Waals surface area contributed by atoms with E-state index in [1.807, 2.05) is 0 Å². The number of halogens is 1. The number of allylic oxidation sites excluding steroid dienone is 2. The molecule has 24 heavy (non-hydrogen) atoms. The van der Waals surface area contributed by atoms with Crippen molar-refractivity contribution in [3.63, 3.8) is 0 Å². The van der Waals surface area contributed by atoms with Crippen LogP contribution in [-0.4, -0.2) is 6.19 Å². The van der Waals surface area contributed by atoms with Crippen LogP contribution in [0.5, 0.6) is 0 Å². The largest absolute Gasteiger partial charge is 1.00 e. The quantitative estimate of drug-likeness (QED) is 0.551. The monoisotopic (exact) mass is 384 g/mol. The van der Waals surface area contributed by atoms with Crippen LogP contribution in [0, 0.1) is 6.42 Å². The summed E-state index contributed by atoms with van der Waals surface area (Å²) in [5.74, 6) is 0.883. The number of benzene rings is 2. The van der Waals surface area contributed by atoms with Crippen LogP contribution < -0.4 is 12.4 Å². The fourth-order valence-corrected chi connectivity index (χ4v) is 3.11. The van der Waals surface area contributed by atoms with Crippen molar-refractivity contribution in [2.75, 3.05) is 0 Å². The van der Waals surface area contributed by atoms with E-state index < -0.39 is 0 Å². The summed E-state index contributed by atoms with van der Waals surface area (Å²) in [5.41, 5.74) is 5.58. The fraction of sp³-hybridized carbons (Fsp3) is 0.190. The number of hydrogen-bond donors (Lipinski definition) is 0. The molecule has 0 fully saturated rings. The van der Waals surface area contributed by atoms with E-state index >= 15 is 0 Å². The topological polar surface area (TPSA) is 0 Å². The Morgan fingerprint density at radius 2 is 1.17 bits per heavy atom. The molecule has 4 rings (SSSR count). The molecule has 120 valence electrons. The standard InChI is InChI=1S/C19H15.C2H6Si.ClH.Ti/c1-3-7-18-14(5-1)9-11-16(18)13-17-12-10-15-6-2-4-8-19(15)17;1-3-2;;/h1-13,16-17H;1-2H3;1H;/q-1;;;+2/p-1.